The van der Waals surface area contributed by atoms with Crippen molar-refractivity contribution in [2.45, 2.75) is 12.2 Å². The minimum Gasteiger partial charge on any atom is -0.440 e. The lowest BCUT2D eigenvalue weighted by atomic mass is 10.2. The van der Waals surface area contributed by atoms with Gasteiger partial charge in [0, 0.05) is 6.54 Å². The van der Waals surface area contributed by atoms with E-state index in [2.05, 4.69) is 4.74 Å². The van der Waals surface area contributed by atoms with Gasteiger partial charge in [0.2, 0.25) is 0 Å². The fourth-order valence-electron chi connectivity index (χ4n) is 1.27. The first-order valence-electron chi connectivity index (χ1n) is 4.63. The van der Waals surface area contributed by atoms with E-state index in [1.165, 1.54) is 0 Å². The molecular formula is C8H12F3NO4. The summed E-state index contributed by atoms with van der Waals surface area (Å²) in [5.74, 6) is 0. The zero-order valence-corrected chi connectivity index (χ0v) is 8.37. The summed E-state index contributed by atoms with van der Waals surface area (Å²) in [4.78, 5) is 12.3. The highest BCUT2D eigenvalue weighted by Crippen LogP contribution is 2.16. The van der Waals surface area contributed by atoms with Gasteiger partial charge in [-0.2, -0.15) is 13.2 Å². The fourth-order valence-corrected chi connectivity index (χ4v) is 1.27. The monoisotopic (exact) mass is 243 g/mol. The number of hydrogen-bond donors (Lipinski definition) is 1. The van der Waals surface area contributed by atoms with Gasteiger partial charge in [-0.1, -0.05) is 0 Å². The van der Waals surface area contributed by atoms with Gasteiger partial charge in [-0.3, -0.25) is 4.90 Å². The Balaban J connectivity index is 2.45. The second-order valence-corrected chi connectivity index (χ2v) is 3.27. The van der Waals surface area contributed by atoms with Crippen LogP contribution in [0.15, 0.2) is 0 Å². The average molecular weight is 243 g/mol. The first kappa shape index (κ1) is 13.0. The van der Waals surface area contributed by atoms with Gasteiger partial charge in [0.1, 0.15) is 0 Å². The van der Waals surface area contributed by atoms with Crippen molar-refractivity contribution in [2.75, 3.05) is 33.0 Å². The molecule has 1 aliphatic heterocycles. The summed E-state index contributed by atoms with van der Waals surface area (Å²) in [6.45, 7) is -1.57. The van der Waals surface area contributed by atoms with Crippen molar-refractivity contribution in [1.29, 1.82) is 0 Å². The summed E-state index contributed by atoms with van der Waals surface area (Å²) >= 11 is 0. The summed E-state index contributed by atoms with van der Waals surface area (Å²) in [6, 6.07) is -0.644. The number of alkyl halides is 3. The maximum absolute atomic E-state index is 11.8. The van der Waals surface area contributed by atoms with Crippen LogP contribution in [-0.4, -0.2) is 61.3 Å². The molecule has 1 atom stereocenters. The Kier molecular flexibility index (Phi) is 4.36. The molecule has 0 radical (unpaired) electrons. The first-order chi connectivity index (χ1) is 7.44. The number of ether oxygens (including phenoxy) is 2. The van der Waals surface area contributed by atoms with Crippen LogP contribution in [0.1, 0.15) is 0 Å². The zero-order valence-electron chi connectivity index (χ0n) is 8.37. The highest BCUT2D eigenvalue weighted by molar-refractivity contribution is 5.68. The van der Waals surface area contributed by atoms with E-state index in [1.807, 2.05) is 0 Å². The highest BCUT2D eigenvalue weighted by Gasteiger charge is 2.33. The molecule has 1 saturated heterocycles. The summed E-state index contributed by atoms with van der Waals surface area (Å²) < 4.78 is 44.4. The topological polar surface area (TPSA) is 59.0 Å². The van der Waals surface area contributed by atoms with Gasteiger partial charge in [0.15, 0.2) is 6.61 Å². The average Bonchev–Trinajstić information content (AvgIpc) is 2.25. The van der Waals surface area contributed by atoms with E-state index in [0.717, 1.165) is 4.90 Å². The van der Waals surface area contributed by atoms with Gasteiger partial charge in [-0.25, -0.2) is 4.79 Å². The molecule has 0 spiro atoms. The molecule has 8 heteroatoms. The van der Waals surface area contributed by atoms with E-state index in [-0.39, 0.29) is 26.4 Å². The van der Waals surface area contributed by atoms with Crippen LogP contribution in [0.3, 0.4) is 0 Å². The lowest BCUT2D eigenvalue weighted by molar-refractivity contribution is -0.164. The molecule has 5 nitrogen and oxygen atoms in total. The molecular weight excluding hydrogens is 231 g/mol. The van der Waals surface area contributed by atoms with Crippen molar-refractivity contribution in [1.82, 2.24) is 4.90 Å². The molecule has 1 fully saturated rings. The van der Waals surface area contributed by atoms with Gasteiger partial charge in [-0.15, -0.1) is 0 Å². The molecule has 1 N–H and O–H groups in total. The molecule has 1 aliphatic rings. The van der Waals surface area contributed by atoms with Gasteiger partial charge in [-0.05, 0) is 0 Å². The number of carbonyl (C=O) groups excluding carboxylic acids is 1. The molecule has 1 amide bonds. The SMILES string of the molecule is O=C(OCC(F)(F)F)N1CCOCC1CO. The van der Waals surface area contributed by atoms with Crippen LogP contribution < -0.4 is 0 Å². The molecule has 16 heavy (non-hydrogen) atoms. The number of morpholine rings is 1. The summed E-state index contributed by atoms with van der Waals surface area (Å²) in [5, 5.41) is 8.89. The van der Waals surface area contributed by atoms with E-state index in [1.54, 1.807) is 0 Å². The largest absolute Gasteiger partial charge is 0.440 e. The molecule has 0 bridgehead atoms. The second-order valence-electron chi connectivity index (χ2n) is 3.27. The molecule has 0 saturated carbocycles. The highest BCUT2D eigenvalue weighted by atomic mass is 19.4. The third kappa shape index (κ3) is 3.86. The van der Waals surface area contributed by atoms with Gasteiger partial charge < -0.3 is 14.6 Å². The van der Waals surface area contributed by atoms with Crippen LogP contribution in [0, 0.1) is 0 Å². The van der Waals surface area contributed by atoms with Gasteiger partial charge >= 0.3 is 12.3 Å². The molecule has 0 aliphatic carbocycles. The number of aliphatic hydroxyl groups excluding tert-OH is 1. The van der Waals surface area contributed by atoms with Crippen LogP contribution in [-0.2, 0) is 9.47 Å². The Morgan fingerprint density at radius 1 is 1.56 bits per heavy atom. The third-order valence-electron chi connectivity index (χ3n) is 2.03. The van der Waals surface area contributed by atoms with Crippen molar-refractivity contribution in [3.63, 3.8) is 0 Å². The van der Waals surface area contributed by atoms with Crippen molar-refractivity contribution in [2.24, 2.45) is 0 Å². The number of aliphatic hydroxyl groups is 1. The van der Waals surface area contributed by atoms with Gasteiger partial charge in [0.25, 0.3) is 0 Å². The first-order valence-corrected chi connectivity index (χ1v) is 4.63. The van der Waals surface area contributed by atoms with Crippen LogP contribution in [0.2, 0.25) is 0 Å². The Bertz CT molecular complexity index is 246. The number of rotatable bonds is 2. The molecule has 94 valence electrons. The van der Waals surface area contributed by atoms with E-state index in [4.69, 9.17) is 9.84 Å². The number of carbonyl (C=O) groups is 1. The maximum atomic E-state index is 11.8. The third-order valence-corrected chi connectivity index (χ3v) is 2.03. The Hall–Kier alpha value is -1.02. The Morgan fingerprint density at radius 2 is 2.25 bits per heavy atom. The predicted octanol–water partition coefficient (Wildman–Crippen LogP) is 0.378. The normalized spacial score (nSPS) is 22.0. The van der Waals surface area contributed by atoms with Crippen LogP contribution in [0.25, 0.3) is 0 Å². The minimum absolute atomic E-state index is 0.0949. The summed E-state index contributed by atoms with van der Waals surface area (Å²) in [6.07, 6.45) is -5.63. The standard InChI is InChI=1S/C8H12F3NO4/c9-8(10,11)5-16-7(14)12-1-2-15-4-6(12)3-13/h6,13H,1-5H2. The van der Waals surface area contributed by atoms with Crippen molar-refractivity contribution < 1.29 is 32.5 Å². The number of amides is 1. The Morgan fingerprint density at radius 3 is 2.81 bits per heavy atom. The summed E-state index contributed by atoms with van der Waals surface area (Å²) in [5.41, 5.74) is 0. The predicted molar refractivity (Wildman–Crippen MR) is 45.8 cm³/mol. The zero-order chi connectivity index (χ0) is 12.2. The molecule has 1 heterocycles. The maximum Gasteiger partial charge on any atom is 0.422 e. The molecule has 0 aromatic heterocycles. The van der Waals surface area contributed by atoms with E-state index in [0.29, 0.717) is 0 Å². The quantitative estimate of drug-likeness (QED) is 0.761. The van der Waals surface area contributed by atoms with E-state index >= 15 is 0 Å². The number of hydrogen-bond acceptors (Lipinski definition) is 4. The van der Waals surface area contributed by atoms with Gasteiger partial charge in [0.05, 0.1) is 25.9 Å². The number of nitrogens with zero attached hydrogens (tertiary/aromatic N) is 1. The molecule has 1 rings (SSSR count). The smallest absolute Gasteiger partial charge is 0.422 e. The van der Waals surface area contributed by atoms with Crippen molar-refractivity contribution in [3.8, 4) is 0 Å². The van der Waals surface area contributed by atoms with Crippen molar-refractivity contribution in [3.05, 3.63) is 0 Å². The van der Waals surface area contributed by atoms with E-state index < -0.39 is 24.9 Å². The lowest BCUT2D eigenvalue weighted by Gasteiger charge is -2.33. The Labute approximate surface area is 89.7 Å². The minimum atomic E-state index is -4.54. The van der Waals surface area contributed by atoms with Crippen LogP contribution in [0.4, 0.5) is 18.0 Å². The van der Waals surface area contributed by atoms with E-state index in [9.17, 15) is 18.0 Å². The molecule has 0 aromatic rings. The molecule has 1 unspecified atom stereocenters. The molecule has 0 aromatic carbocycles. The van der Waals surface area contributed by atoms with Crippen LogP contribution in [0.5, 0.6) is 0 Å². The van der Waals surface area contributed by atoms with Crippen LogP contribution >= 0.6 is 0 Å². The second kappa shape index (κ2) is 5.35. The van der Waals surface area contributed by atoms with Crippen molar-refractivity contribution >= 4 is 6.09 Å². The number of halogens is 3. The lowest BCUT2D eigenvalue weighted by Crippen LogP contribution is -2.51. The summed E-state index contributed by atoms with van der Waals surface area (Å²) in [7, 11) is 0. The fraction of sp³-hybridized carbons (Fsp3) is 0.875.